The fourth-order valence-corrected chi connectivity index (χ4v) is 2.77. The molecule has 0 bridgehead atoms. The molecule has 0 aliphatic rings. The van der Waals surface area contributed by atoms with E-state index in [-0.39, 0.29) is 11.8 Å². The molecule has 2 amide bonds. The van der Waals surface area contributed by atoms with Crippen molar-refractivity contribution in [1.29, 1.82) is 5.26 Å². The number of hydrogen-bond acceptors (Lipinski definition) is 5. The Bertz CT molecular complexity index is 1180. The number of nitrogens with zero attached hydrogens (tertiary/aromatic N) is 1. The molecule has 0 saturated carbocycles. The Labute approximate surface area is 179 Å². The Hall–Kier alpha value is -4.44. The Morgan fingerprint density at radius 1 is 0.839 bits per heavy atom. The lowest BCUT2D eigenvalue weighted by Crippen LogP contribution is -2.15. The van der Waals surface area contributed by atoms with Gasteiger partial charge in [0.2, 0.25) is 0 Å². The molecule has 0 atom stereocenters. The molecule has 0 aromatic heterocycles. The number of carbonyl (C=O) groups is 3. The van der Waals surface area contributed by atoms with Crippen LogP contribution in [0.15, 0.2) is 66.7 Å². The third kappa shape index (κ3) is 5.55. The first-order chi connectivity index (χ1) is 14.9. The zero-order chi connectivity index (χ0) is 22.4. The van der Waals surface area contributed by atoms with Crippen molar-refractivity contribution in [1.82, 2.24) is 0 Å². The van der Waals surface area contributed by atoms with Gasteiger partial charge in [-0.25, -0.2) is 0 Å². The van der Waals surface area contributed by atoms with Gasteiger partial charge in [0.05, 0.1) is 11.6 Å². The molecule has 7 nitrogen and oxygen atoms in total. The summed E-state index contributed by atoms with van der Waals surface area (Å²) in [6.07, 6.45) is 0. The average Bonchev–Trinajstić information content (AvgIpc) is 2.76. The predicted octanol–water partition coefficient (Wildman–Crippen LogP) is 4.30. The van der Waals surface area contributed by atoms with Crippen molar-refractivity contribution < 1.29 is 19.1 Å². The van der Waals surface area contributed by atoms with Gasteiger partial charge in [-0.1, -0.05) is 6.07 Å². The Balaban J connectivity index is 1.71. The highest BCUT2D eigenvalue weighted by Crippen LogP contribution is 2.22. The van der Waals surface area contributed by atoms with Crippen LogP contribution in [0.1, 0.15) is 38.8 Å². The van der Waals surface area contributed by atoms with Gasteiger partial charge in [-0.05, 0) is 73.2 Å². The zero-order valence-corrected chi connectivity index (χ0v) is 16.9. The van der Waals surface area contributed by atoms with Crippen LogP contribution < -0.4 is 15.4 Å². The molecule has 7 heteroatoms. The maximum absolute atomic E-state index is 12.6. The summed E-state index contributed by atoms with van der Waals surface area (Å²) in [6, 6.07) is 19.7. The van der Waals surface area contributed by atoms with Gasteiger partial charge in [0, 0.05) is 29.4 Å². The minimum absolute atomic E-state index is 0.327. The third-order valence-electron chi connectivity index (χ3n) is 4.40. The maximum atomic E-state index is 12.6. The normalized spacial score (nSPS) is 9.97. The molecule has 0 fully saturated rings. The molecule has 3 aromatic rings. The van der Waals surface area contributed by atoms with Crippen molar-refractivity contribution >= 4 is 29.2 Å². The lowest BCUT2D eigenvalue weighted by Gasteiger charge is -2.12. The highest BCUT2D eigenvalue weighted by Gasteiger charge is 2.11. The molecule has 0 unspecified atom stereocenters. The van der Waals surface area contributed by atoms with Crippen LogP contribution in [0.25, 0.3) is 0 Å². The third-order valence-corrected chi connectivity index (χ3v) is 4.40. The van der Waals surface area contributed by atoms with E-state index in [4.69, 9.17) is 10.00 Å². The molecule has 0 heterocycles. The van der Waals surface area contributed by atoms with E-state index in [1.165, 1.54) is 19.1 Å². The predicted molar refractivity (Wildman–Crippen MR) is 116 cm³/mol. The van der Waals surface area contributed by atoms with E-state index in [1.807, 2.05) is 13.0 Å². The summed E-state index contributed by atoms with van der Waals surface area (Å²) in [5.41, 5.74) is 3.16. The van der Waals surface area contributed by atoms with Gasteiger partial charge in [-0.2, -0.15) is 5.26 Å². The number of ether oxygens (including phenoxy) is 1. The molecular weight excluding hydrogens is 394 g/mol. The second kappa shape index (κ2) is 9.37. The second-order valence-corrected chi connectivity index (χ2v) is 6.75. The quantitative estimate of drug-likeness (QED) is 0.479. The Morgan fingerprint density at radius 2 is 1.42 bits per heavy atom. The highest BCUT2D eigenvalue weighted by atomic mass is 16.5. The highest BCUT2D eigenvalue weighted by molar-refractivity contribution is 6.06. The molecule has 0 aliphatic heterocycles. The first-order valence-electron chi connectivity index (χ1n) is 9.37. The van der Waals surface area contributed by atoms with Gasteiger partial charge < -0.3 is 15.4 Å². The number of esters is 1. The van der Waals surface area contributed by atoms with E-state index in [0.717, 1.165) is 5.56 Å². The van der Waals surface area contributed by atoms with Crippen molar-refractivity contribution in [3.05, 3.63) is 89.0 Å². The minimum atomic E-state index is -0.437. The standard InChI is InChI=1S/C24H19N3O4/c1-15-3-10-20(26-23(29)18-6-4-17(14-25)5-7-18)13-22(15)27-24(30)19-8-11-21(12-9-19)31-16(2)28/h3-13H,1-2H3,(H,26,29)(H,27,30). The minimum Gasteiger partial charge on any atom is -0.427 e. The van der Waals surface area contributed by atoms with E-state index in [0.29, 0.717) is 33.8 Å². The summed E-state index contributed by atoms with van der Waals surface area (Å²) in [5, 5.41) is 14.5. The number of carbonyl (C=O) groups excluding carboxylic acids is 3. The van der Waals surface area contributed by atoms with E-state index < -0.39 is 5.97 Å². The van der Waals surface area contributed by atoms with E-state index in [1.54, 1.807) is 54.6 Å². The summed E-state index contributed by atoms with van der Waals surface area (Å²) in [4.78, 5) is 36.0. The average molecular weight is 413 g/mol. The van der Waals surface area contributed by atoms with Gasteiger partial charge in [-0.15, -0.1) is 0 Å². The van der Waals surface area contributed by atoms with Crippen LogP contribution >= 0.6 is 0 Å². The monoisotopic (exact) mass is 413 g/mol. The first kappa shape index (κ1) is 21.3. The Morgan fingerprint density at radius 3 is 2.00 bits per heavy atom. The fourth-order valence-electron chi connectivity index (χ4n) is 2.77. The van der Waals surface area contributed by atoms with Gasteiger partial charge in [0.15, 0.2) is 0 Å². The zero-order valence-electron chi connectivity index (χ0n) is 16.9. The summed E-state index contributed by atoms with van der Waals surface area (Å²) in [7, 11) is 0. The number of amides is 2. The molecule has 154 valence electrons. The van der Waals surface area contributed by atoms with Crippen LogP contribution in [-0.2, 0) is 4.79 Å². The van der Waals surface area contributed by atoms with Crippen molar-refractivity contribution in [2.24, 2.45) is 0 Å². The van der Waals surface area contributed by atoms with Crippen LogP contribution in [0, 0.1) is 18.3 Å². The number of nitrogens with one attached hydrogen (secondary N) is 2. The lowest BCUT2D eigenvalue weighted by molar-refractivity contribution is -0.131. The number of hydrogen-bond donors (Lipinski definition) is 2. The van der Waals surface area contributed by atoms with E-state index in [9.17, 15) is 14.4 Å². The van der Waals surface area contributed by atoms with Crippen molar-refractivity contribution in [3.8, 4) is 11.8 Å². The van der Waals surface area contributed by atoms with Crippen LogP contribution in [0.2, 0.25) is 0 Å². The van der Waals surface area contributed by atoms with Gasteiger partial charge in [-0.3, -0.25) is 14.4 Å². The molecule has 3 aromatic carbocycles. The first-order valence-corrected chi connectivity index (χ1v) is 9.37. The topological polar surface area (TPSA) is 108 Å². The molecule has 31 heavy (non-hydrogen) atoms. The number of anilines is 2. The Kier molecular flexibility index (Phi) is 6.43. The number of aryl methyl sites for hydroxylation is 1. The van der Waals surface area contributed by atoms with E-state index >= 15 is 0 Å². The van der Waals surface area contributed by atoms with Crippen molar-refractivity contribution in [3.63, 3.8) is 0 Å². The molecule has 0 spiro atoms. The molecule has 0 radical (unpaired) electrons. The van der Waals surface area contributed by atoms with Crippen molar-refractivity contribution in [2.45, 2.75) is 13.8 Å². The van der Waals surface area contributed by atoms with Crippen molar-refractivity contribution in [2.75, 3.05) is 10.6 Å². The molecule has 0 aliphatic carbocycles. The van der Waals surface area contributed by atoms with Crippen LogP contribution in [0.4, 0.5) is 11.4 Å². The van der Waals surface area contributed by atoms with Crippen LogP contribution in [0.5, 0.6) is 5.75 Å². The number of benzene rings is 3. The number of rotatable bonds is 5. The molecule has 3 rings (SSSR count). The lowest BCUT2D eigenvalue weighted by atomic mass is 10.1. The largest absolute Gasteiger partial charge is 0.427 e. The van der Waals surface area contributed by atoms with E-state index in [2.05, 4.69) is 10.6 Å². The van der Waals surface area contributed by atoms with Crippen LogP contribution in [0.3, 0.4) is 0 Å². The fraction of sp³-hybridized carbons (Fsp3) is 0.0833. The molecule has 0 saturated heterocycles. The summed E-state index contributed by atoms with van der Waals surface area (Å²) in [6.45, 7) is 3.14. The SMILES string of the molecule is CC(=O)Oc1ccc(C(=O)Nc2cc(NC(=O)c3ccc(C#N)cc3)ccc2C)cc1. The molecule has 2 N–H and O–H groups in total. The summed E-state index contributed by atoms with van der Waals surface area (Å²) < 4.78 is 4.96. The van der Waals surface area contributed by atoms with Gasteiger partial charge in [0.1, 0.15) is 5.75 Å². The second-order valence-electron chi connectivity index (χ2n) is 6.75. The smallest absolute Gasteiger partial charge is 0.308 e. The maximum Gasteiger partial charge on any atom is 0.308 e. The number of nitriles is 1. The van der Waals surface area contributed by atoms with Gasteiger partial charge in [0.25, 0.3) is 11.8 Å². The van der Waals surface area contributed by atoms with Crippen LogP contribution in [-0.4, -0.2) is 17.8 Å². The van der Waals surface area contributed by atoms with Gasteiger partial charge >= 0.3 is 5.97 Å². The summed E-state index contributed by atoms with van der Waals surface area (Å²) >= 11 is 0. The summed E-state index contributed by atoms with van der Waals surface area (Å²) in [5.74, 6) is -0.750. The molecular formula is C24H19N3O4.